The molecular formula is C24H25N3O5. The summed E-state index contributed by atoms with van der Waals surface area (Å²) in [5, 5.41) is 1.06. The average molecular weight is 435 g/mol. The van der Waals surface area contributed by atoms with Crippen LogP contribution in [-0.4, -0.2) is 67.6 Å². The van der Waals surface area contributed by atoms with Gasteiger partial charge in [-0.2, -0.15) is 0 Å². The van der Waals surface area contributed by atoms with E-state index in [2.05, 4.69) is 4.98 Å². The maximum atomic E-state index is 13.3. The minimum atomic E-state index is -0.572. The van der Waals surface area contributed by atoms with Crippen LogP contribution in [0.5, 0.6) is 17.2 Å². The molecule has 3 heterocycles. The number of carbonyl (C=O) groups excluding carboxylic acids is 2. The van der Waals surface area contributed by atoms with E-state index < -0.39 is 12.1 Å². The van der Waals surface area contributed by atoms with Gasteiger partial charge in [0.2, 0.25) is 17.6 Å². The molecule has 2 aliphatic rings. The molecule has 5 rings (SSSR count). The van der Waals surface area contributed by atoms with Gasteiger partial charge in [-0.3, -0.25) is 9.59 Å². The number of ether oxygens (including phenoxy) is 3. The molecule has 2 aromatic carbocycles. The maximum absolute atomic E-state index is 13.3. The van der Waals surface area contributed by atoms with E-state index in [9.17, 15) is 9.59 Å². The molecule has 8 heteroatoms. The van der Waals surface area contributed by atoms with Crippen LogP contribution in [0.25, 0.3) is 10.9 Å². The minimum absolute atomic E-state index is 0.0474. The molecule has 3 aromatic rings. The summed E-state index contributed by atoms with van der Waals surface area (Å²) in [4.78, 5) is 33.1. The third-order valence-corrected chi connectivity index (χ3v) is 6.46. The number of nitrogens with one attached hydrogen (secondary N) is 1. The molecular weight excluding hydrogens is 410 g/mol. The van der Waals surface area contributed by atoms with E-state index >= 15 is 0 Å². The molecule has 1 fully saturated rings. The zero-order valence-electron chi connectivity index (χ0n) is 18.5. The molecule has 2 atom stereocenters. The largest absolute Gasteiger partial charge is 0.493 e. The van der Waals surface area contributed by atoms with E-state index in [1.807, 2.05) is 36.4 Å². The molecule has 0 bridgehead atoms. The fourth-order valence-corrected chi connectivity index (χ4v) is 5.01. The van der Waals surface area contributed by atoms with E-state index in [1.54, 1.807) is 33.3 Å². The number of piperazine rings is 1. The van der Waals surface area contributed by atoms with Crippen LogP contribution in [0.4, 0.5) is 0 Å². The van der Waals surface area contributed by atoms with Crippen LogP contribution in [-0.2, 0) is 16.0 Å². The number of amides is 2. The Balaban J connectivity index is 1.78. The summed E-state index contributed by atoms with van der Waals surface area (Å²) in [5.41, 5.74) is 3.71. The molecule has 1 saturated heterocycles. The lowest BCUT2D eigenvalue weighted by Gasteiger charge is -2.46. The Morgan fingerprint density at radius 2 is 1.69 bits per heavy atom. The van der Waals surface area contributed by atoms with Crippen LogP contribution in [0.2, 0.25) is 0 Å². The van der Waals surface area contributed by atoms with Crippen LogP contribution >= 0.6 is 0 Å². The molecule has 0 spiro atoms. The summed E-state index contributed by atoms with van der Waals surface area (Å²) in [5.74, 6) is 1.31. The zero-order valence-corrected chi connectivity index (χ0v) is 18.5. The van der Waals surface area contributed by atoms with Gasteiger partial charge in [0.05, 0.1) is 33.9 Å². The van der Waals surface area contributed by atoms with Crippen molar-refractivity contribution in [1.29, 1.82) is 0 Å². The number of carbonyl (C=O) groups is 2. The van der Waals surface area contributed by atoms with Gasteiger partial charge in [-0.05, 0) is 29.3 Å². The first-order chi connectivity index (χ1) is 15.5. The first-order valence-corrected chi connectivity index (χ1v) is 10.4. The molecule has 1 unspecified atom stereocenters. The van der Waals surface area contributed by atoms with Gasteiger partial charge < -0.3 is 29.0 Å². The number of H-pyrrole nitrogens is 1. The number of aromatic nitrogens is 1. The second kappa shape index (κ2) is 7.47. The molecule has 2 aliphatic heterocycles. The van der Waals surface area contributed by atoms with Crippen LogP contribution in [0, 0.1) is 0 Å². The van der Waals surface area contributed by atoms with E-state index in [4.69, 9.17) is 14.2 Å². The number of hydrogen-bond acceptors (Lipinski definition) is 5. The fourth-order valence-electron chi connectivity index (χ4n) is 5.01. The number of aromatic amines is 1. The van der Waals surface area contributed by atoms with Crippen molar-refractivity contribution in [3.05, 3.63) is 53.2 Å². The highest BCUT2D eigenvalue weighted by Gasteiger charge is 2.47. The van der Waals surface area contributed by atoms with Gasteiger partial charge in [0.1, 0.15) is 6.04 Å². The van der Waals surface area contributed by atoms with Gasteiger partial charge in [0, 0.05) is 30.1 Å². The molecule has 1 aromatic heterocycles. The lowest BCUT2D eigenvalue weighted by molar-refractivity contribution is -0.157. The first kappa shape index (κ1) is 20.2. The average Bonchev–Trinajstić information content (AvgIpc) is 3.18. The summed E-state index contributed by atoms with van der Waals surface area (Å²) in [6.07, 6.45) is 0.467. The number of benzene rings is 2. The number of likely N-dealkylation sites (N-methyl/N-ethyl adjacent to an activating group) is 1. The van der Waals surface area contributed by atoms with Gasteiger partial charge in [-0.1, -0.05) is 18.2 Å². The highest BCUT2D eigenvalue weighted by atomic mass is 16.5. The third-order valence-electron chi connectivity index (χ3n) is 6.46. The highest BCUT2D eigenvalue weighted by molar-refractivity contribution is 5.97. The highest BCUT2D eigenvalue weighted by Crippen LogP contribution is 2.46. The van der Waals surface area contributed by atoms with Gasteiger partial charge in [-0.15, -0.1) is 0 Å². The predicted molar refractivity (Wildman–Crippen MR) is 118 cm³/mol. The Morgan fingerprint density at radius 1 is 1.00 bits per heavy atom. The molecule has 0 saturated carbocycles. The van der Waals surface area contributed by atoms with E-state index in [0.717, 1.165) is 27.7 Å². The normalized spacial score (nSPS) is 20.2. The topological polar surface area (TPSA) is 84.1 Å². The minimum Gasteiger partial charge on any atom is -0.493 e. The molecule has 0 aliphatic carbocycles. The predicted octanol–water partition coefficient (Wildman–Crippen LogP) is 2.51. The Kier molecular flexibility index (Phi) is 4.73. The number of rotatable bonds is 4. The number of nitrogens with zero attached hydrogens (tertiary/aromatic N) is 2. The van der Waals surface area contributed by atoms with E-state index in [-0.39, 0.29) is 18.4 Å². The lowest BCUT2D eigenvalue weighted by atomic mass is 9.86. The van der Waals surface area contributed by atoms with Gasteiger partial charge in [0.15, 0.2) is 11.5 Å². The zero-order chi connectivity index (χ0) is 22.6. The van der Waals surface area contributed by atoms with Crippen LogP contribution in [0.15, 0.2) is 36.4 Å². The van der Waals surface area contributed by atoms with Crippen LogP contribution in [0.3, 0.4) is 0 Å². The summed E-state index contributed by atoms with van der Waals surface area (Å²) < 4.78 is 16.6. The summed E-state index contributed by atoms with van der Waals surface area (Å²) in [7, 11) is 6.35. The van der Waals surface area contributed by atoms with Gasteiger partial charge >= 0.3 is 0 Å². The van der Waals surface area contributed by atoms with Crippen molar-refractivity contribution >= 4 is 22.7 Å². The Morgan fingerprint density at radius 3 is 2.34 bits per heavy atom. The Bertz CT molecular complexity index is 1210. The van der Waals surface area contributed by atoms with Crippen molar-refractivity contribution in [2.24, 2.45) is 0 Å². The fraction of sp³-hybridized carbons (Fsp3) is 0.333. The molecule has 32 heavy (non-hydrogen) atoms. The summed E-state index contributed by atoms with van der Waals surface area (Å²) in [6, 6.07) is 10.6. The lowest BCUT2D eigenvalue weighted by Crippen LogP contribution is -2.62. The maximum Gasteiger partial charge on any atom is 0.245 e. The third kappa shape index (κ3) is 2.82. The molecule has 8 nitrogen and oxygen atoms in total. The van der Waals surface area contributed by atoms with Gasteiger partial charge in [-0.25, -0.2) is 0 Å². The van der Waals surface area contributed by atoms with E-state index in [1.165, 1.54) is 4.90 Å². The quantitative estimate of drug-likeness (QED) is 0.681. The smallest absolute Gasteiger partial charge is 0.245 e. The summed E-state index contributed by atoms with van der Waals surface area (Å²) >= 11 is 0. The van der Waals surface area contributed by atoms with Crippen molar-refractivity contribution in [2.45, 2.75) is 18.5 Å². The standard InChI is InChI=1S/C24H25N3O5/c1-26-12-20(28)27-17(24(26)29)11-15-14-7-5-6-8-16(14)25-21(15)22(27)13-9-18(30-2)23(32-4)19(10-13)31-3/h5-10,17,22,25H,11-12H2,1-4H3/t17-,22?/m0/s1. The van der Waals surface area contributed by atoms with Crippen molar-refractivity contribution in [3.8, 4) is 17.2 Å². The Hall–Kier alpha value is -3.68. The Labute approximate surface area is 185 Å². The van der Waals surface area contributed by atoms with E-state index in [0.29, 0.717) is 23.7 Å². The summed E-state index contributed by atoms with van der Waals surface area (Å²) in [6.45, 7) is 0.0474. The van der Waals surface area contributed by atoms with Gasteiger partial charge in [0.25, 0.3) is 0 Å². The monoisotopic (exact) mass is 435 g/mol. The molecule has 166 valence electrons. The number of para-hydroxylation sites is 1. The van der Waals surface area contributed by atoms with Crippen molar-refractivity contribution in [3.63, 3.8) is 0 Å². The number of fused-ring (bicyclic) bond motifs is 4. The SMILES string of the molecule is COc1cc(C2c3[nH]c4ccccc4c3C[C@H]3C(=O)N(C)CC(=O)N23)cc(OC)c1OC. The molecule has 2 amide bonds. The number of methoxy groups -OCH3 is 3. The molecule has 0 radical (unpaired) electrons. The molecule has 1 N–H and O–H groups in total. The second-order valence-corrected chi connectivity index (χ2v) is 8.14. The van der Waals surface area contributed by atoms with Crippen LogP contribution < -0.4 is 14.2 Å². The second-order valence-electron chi connectivity index (χ2n) is 8.14. The number of hydrogen-bond donors (Lipinski definition) is 1. The first-order valence-electron chi connectivity index (χ1n) is 10.4. The van der Waals surface area contributed by atoms with Crippen molar-refractivity contribution in [1.82, 2.24) is 14.8 Å². The van der Waals surface area contributed by atoms with Crippen molar-refractivity contribution in [2.75, 3.05) is 34.9 Å². The van der Waals surface area contributed by atoms with Crippen LogP contribution in [0.1, 0.15) is 22.9 Å². The van der Waals surface area contributed by atoms with Crippen molar-refractivity contribution < 1.29 is 23.8 Å².